The van der Waals surface area contributed by atoms with Gasteiger partial charge in [-0.3, -0.25) is 4.79 Å². The summed E-state index contributed by atoms with van der Waals surface area (Å²) in [7, 11) is 0. The first kappa shape index (κ1) is 12.6. The molecule has 5 nitrogen and oxygen atoms in total. The van der Waals surface area contributed by atoms with Crippen LogP contribution in [-0.4, -0.2) is 22.0 Å². The van der Waals surface area contributed by atoms with Crippen molar-refractivity contribution >= 4 is 17.4 Å². The van der Waals surface area contributed by atoms with E-state index < -0.39 is 5.41 Å². The lowest BCUT2D eigenvalue weighted by Gasteiger charge is -2.15. The summed E-state index contributed by atoms with van der Waals surface area (Å²) >= 11 is 1.08. The smallest absolute Gasteiger partial charge is 0.265 e. The maximum absolute atomic E-state index is 11.8. The fourth-order valence-corrected chi connectivity index (χ4v) is 1.70. The van der Waals surface area contributed by atoms with Crippen LogP contribution < -0.4 is 5.32 Å². The molecule has 0 aliphatic heterocycles. The summed E-state index contributed by atoms with van der Waals surface area (Å²) in [4.78, 5) is 12.3. The molecular formula is C10H14N4OS. The van der Waals surface area contributed by atoms with E-state index in [9.17, 15) is 4.79 Å². The minimum atomic E-state index is -0.555. The number of aryl methyl sites for hydroxylation is 1. The molecule has 0 saturated carbocycles. The average molecular weight is 238 g/mol. The lowest BCUT2D eigenvalue weighted by Crippen LogP contribution is -2.33. The predicted octanol–water partition coefficient (Wildman–Crippen LogP) is 1.38. The summed E-state index contributed by atoms with van der Waals surface area (Å²) in [6.45, 7) is 5.80. The number of nitrogens with zero attached hydrogens (tertiary/aromatic N) is 3. The van der Waals surface area contributed by atoms with Crippen molar-refractivity contribution in [2.75, 3.05) is 6.54 Å². The van der Waals surface area contributed by atoms with Crippen LogP contribution in [0, 0.1) is 16.7 Å². The van der Waals surface area contributed by atoms with Gasteiger partial charge < -0.3 is 5.32 Å². The Labute approximate surface area is 98.6 Å². The van der Waals surface area contributed by atoms with Crippen molar-refractivity contribution in [3.8, 4) is 6.07 Å². The zero-order valence-corrected chi connectivity index (χ0v) is 10.4. The molecule has 1 N–H and O–H groups in total. The molecule has 0 radical (unpaired) electrons. The van der Waals surface area contributed by atoms with Crippen molar-refractivity contribution in [3.05, 3.63) is 10.6 Å². The molecule has 16 heavy (non-hydrogen) atoms. The van der Waals surface area contributed by atoms with Crippen LogP contribution in [-0.2, 0) is 6.42 Å². The van der Waals surface area contributed by atoms with Crippen LogP contribution in [0.2, 0.25) is 0 Å². The molecular weight excluding hydrogens is 224 g/mol. The van der Waals surface area contributed by atoms with E-state index in [1.807, 2.05) is 6.92 Å². The van der Waals surface area contributed by atoms with Gasteiger partial charge in [-0.25, -0.2) is 0 Å². The Morgan fingerprint density at radius 3 is 2.88 bits per heavy atom. The Hall–Kier alpha value is -1.48. The standard InChI is InChI=1S/C10H14N4OS/c1-4-7-8(16-14-13-7)9(15)12-6-10(2,3)5-11/h4,6H2,1-3H3,(H,12,15). The summed E-state index contributed by atoms with van der Waals surface area (Å²) in [5.41, 5.74) is 0.150. The number of rotatable bonds is 4. The van der Waals surface area contributed by atoms with E-state index in [-0.39, 0.29) is 5.91 Å². The van der Waals surface area contributed by atoms with Gasteiger partial charge in [0.15, 0.2) is 0 Å². The number of hydrogen-bond donors (Lipinski definition) is 1. The first-order valence-corrected chi connectivity index (χ1v) is 5.78. The molecule has 86 valence electrons. The van der Waals surface area contributed by atoms with E-state index >= 15 is 0 Å². The van der Waals surface area contributed by atoms with Crippen molar-refractivity contribution in [2.45, 2.75) is 27.2 Å². The molecule has 0 unspecified atom stereocenters. The van der Waals surface area contributed by atoms with Gasteiger partial charge in [0.1, 0.15) is 4.88 Å². The minimum absolute atomic E-state index is 0.199. The van der Waals surface area contributed by atoms with E-state index in [0.29, 0.717) is 23.5 Å². The first-order valence-electron chi connectivity index (χ1n) is 5.01. The van der Waals surface area contributed by atoms with Gasteiger partial charge >= 0.3 is 0 Å². The third-order valence-corrected chi connectivity index (χ3v) is 2.86. The number of carbonyl (C=O) groups is 1. The van der Waals surface area contributed by atoms with Crippen LogP contribution in [0.4, 0.5) is 0 Å². The zero-order chi connectivity index (χ0) is 12.2. The van der Waals surface area contributed by atoms with E-state index in [2.05, 4.69) is 21.0 Å². The van der Waals surface area contributed by atoms with Crippen molar-refractivity contribution in [1.29, 1.82) is 5.26 Å². The molecule has 0 aliphatic carbocycles. The highest BCUT2D eigenvalue weighted by atomic mass is 32.1. The number of hydrogen-bond acceptors (Lipinski definition) is 5. The average Bonchev–Trinajstić information content (AvgIpc) is 2.74. The molecule has 0 spiro atoms. The normalized spacial score (nSPS) is 10.9. The van der Waals surface area contributed by atoms with Gasteiger partial charge in [-0.05, 0) is 31.8 Å². The topological polar surface area (TPSA) is 78.7 Å². The second kappa shape index (κ2) is 5.03. The number of amides is 1. The minimum Gasteiger partial charge on any atom is -0.350 e. The van der Waals surface area contributed by atoms with E-state index in [1.165, 1.54) is 0 Å². The van der Waals surface area contributed by atoms with E-state index in [1.54, 1.807) is 13.8 Å². The summed E-state index contributed by atoms with van der Waals surface area (Å²) in [6.07, 6.45) is 0.681. The Morgan fingerprint density at radius 2 is 2.31 bits per heavy atom. The fourth-order valence-electron chi connectivity index (χ4n) is 1.03. The van der Waals surface area contributed by atoms with Gasteiger partial charge in [-0.1, -0.05) is 11.4 Å². The van der Waals surface area contributed by atoms with Crippen LogP contribution in [0.3, 0.4) is 0 Å². The second-order valence-electron chi connectivity index (χ2n) is 4.08. The summed E-state index contributed by atoms with van der Waals surface area (Å²) in [5, 5.41) is 15.4. The summed E-state index contributed by atoms with van der Waals surface area (Å²) < 4.78 is 3.74. The van der Waals surface area contributed by atoms with Gasteiger partial charge in [-0.15, -0.1) is 5.10 Å². The third kappa shape index (κ3) is 3.00. The molecule has 6 heteroatoms. The largest absolute Gasteiger partial charge is 0.350 e. The molecule has 1 aromatic rings. The quantitative estimate of drug-likeness (QED) is 0.859. The fraction of sp³-hybridized carbons (Fsp3) is 0.600. The molecule has 0 aliphatic rings. The molecule has 1 heterocycles. The molecule has 0 bridgehead atoms. The Bertz CT molecular complexity index is 419. The van der Waals surface area contributed by atoms with Gasteiger partial charge in [0, 0.05) is 6.54 Å². The monoisotopic (exact) mass is 238 g/mol. The first-order chi connectivity index (χ1) is 7.50. The zero-order valence-electron chi connectivity index (χ0n) is 9.57. The Balaban J connectivity index is 2.64. The SMILES string of the molecule is CCc1nnsc1C(=O)NCC(C)(C)C#N. The van der Waals surface area contributed by atoms with E-state index in [0.717, 1.165) is 11.5 Å². The molecule has 0 aromatic carbocycles. The van der Waals surface area contributed by atoms with E-state index in [4.69, 9.17) is 5.26 Å². The van der Waals surface area contributed by atoms with Crippen LogP contribution in [0.25, 0.3) is 0 Å². The maximum Gasteiger partial charge on any atom is 0.265 e. The predicted molar refractivity (Wildman–Crippen MR) is 61.0 cm³/mol. The number of nitrogens with one attached hydrogen (secondary N) is 1. The number of nitriles is 1. The van der Waals surface area contributed by atoms with Crippen LogP contribution in [0.5, 0.6) is 0 Å². The Morgan fingerprint density at radius 1 is 1.62 bits per heavy atom. The Kier molecular flexibility index (Phi) is 3.96. The van der Waals surface area contributed by atoms with Crippen molar-refractivity contribution in [2.24, 2.45) is 5.41 Å². The van der Waals surface area contributed by atoms with Crippen LogP contribution >= 0.6 is 11.5 Å². The van der Waals surface area contributed by atoms with Crippen LogP contribution in [0.15, 0.2) is 0 Å². The highest BCUT2D eigenvalue weighted by molar-refractivity contribution is 7.08. The molecule has 0 fully saturated rings. The van der Waals surface area contributed by atoms with Crippen molar-refractivity contribution in [3.63, 3.8) is 0 Å². The van der Waals surface area contributed by atoms with Gasteiger partial charge in [0.2, 0.25) is 0 Å². The highest BCUT2D eigenvalue weighted by Crippen LogP contribution is 2.14. The number of carbonyl (C=O) groups excluding carboxylic acids is 1. The summed E-state index contributed by atoms with van der Waals surface area (Å²) in [5.74, 6) is -0.199. The number of aromatic nitrogens is 2. The molecule has 0 atom stereocenters. The van der Waals surface area contributed by atoms with Crippen molar-refractivity contribution in [1.82, 2.24) is 14.9 Å². The second-order valence-corrected chi connectivity index (χ2v) is 4.83. The maximum atomic E-state index is 11.8. The molecule has 1 rings (SSSR count). The van der Waals surface area contributed by atoms with Crippen molar-refractivity contribution < 1.29 is 4.79 Å². The van der Waals surface area contributed by atoms with Gasteiger partial charge in [0.05, 0.1) is 17.2 Å². The molecule has 1 amide bonds. The van der Waals surface area contributed by atoms with Crippen LogP contribution in [0.1, 0.15) is 36.1 Å². The highest BCUT2D eigenvalue weighted by Gasteiger charge is 2.20. The van der Waals surface area contributed by atoms with Gasteiger partial charge in [-0.2, -0.15) is 5.26 Å². The summed E-state index contributed by atoms with van der Waals surface area (Å²) in [6, 6.07) is 2.13. The molecule has 0 saturated heterocycles. The molecule has 1 aromatic heterocycles. The van der Waals surface area contributed by atoms with Gasteiger partial charge in [0.25, 0.3) is 5.91 Å². The third-order valence-electron chi connectivity index (χ3n) is 2.09. The lowest BCUT2D eigenvalue weighted by molar-refractivity contribution is 0.0946. The lowest BCUT2D eigenvalue weighted by atomic mass is 9.96.